The van der Waals surface area contributed by atoms with Crippen LogP contribution in [0, 0.1) is 0 Å². The molecule has 0 saturated carbocycles. The van der Waals surface area contributed by atoms with Crippen molar-refractivity contribution in [1.29, 1.82) is 0 Å². The van der Waals surface area contributed by atoms with E-state index in [4.69, 9.17) is 4.74 Å². The summed E-state index contributed by atoms with van der Waals surface area (Å²) in [5.41, 5.74) is -0.911. The van der Waals surface area contributed by atoms with Crippen LogP contribution in [0.4, 0.5) is 13.2 Å². The van der Waals surface area contributed by atoms with Crippen LogP contribution in [0.3, 0.4) is 0 Å². The molecule has 0 radical (unpaired) electrons. The van der Waals surface area contributed by atoms with Crippen molar-refractivity contribution in [2.75, 3.05) is 18.1 Å². The van der Waals surface area contributed by atoms with Crippen molar-refractivity contribution in [3.63, 3.8) is 0 Å². The minimum atomic E-state index is -4.93. The molecule has 0 amide bonds. The van der Waals surface area contributed by atoms with Gasteiger partial charge < -0.3 is 9.47 Å². The highest BCUT2D eigenvalue weighted by atomic mass is 32.2. The molecule has 152 valence electrons. The number of sulfonamides is 1. The normalized spacial score (nSPS) is 28.3. The van der Waals surface area contributed by atoms with E-state index in [-0.39, 0.29) is 29.4 Å². The van der Waals surface area contributed by atoms with Crippen LogP contribution in [-0.2, 0) is 24.6 Å². The van der Waals surface area contributed by atoms with Gasteiger partial charge >= 0.3 is 6.36 Å². The summed E-state index contributed by atoms with van der Waals surface area (Å²) in [6.07, 6.45) is -4.12. The van der Waals surface area contributed by atoms with Crippen LogP contribution in [0.2, 0.25) is 0 Å². The number of rotatable bonds is 4. The van der Waals surface area contributed by atoms with Gasteiger partial charge in [-0.05, 0) is 31.4 Å². The van der Waals surface area contributed by atoms with E-state index in [1.165, 1.54) is 0 Å². The predicted octanol–water partition coefficient (Wildman–Crippen LogP) is 1.60. The maximum atomic E-state index is 12.5. The Hall–Kier alpha value is -1.37. The van der Waals surface area contributed by atoms with Crippen LogP contribution < -0.4 is 9.46 Å². The first-order valence-corrected chi connectivity index (χ1v) is 11.4. The zero-order valence-corrected chi connectivity index (χ0v) is 15.7. The Labute approximate surface area is 154 Å². The molecule has 2 aliphatic rings. The Balaban J connectivity index is 1.74. The molecule has 1 aromatic rings. The predicted molar refractivity (Wildman–Crippen MR) is 88.4 cm³/mol. The van der Waals surface area contributed by atoms with Gasteiger partial charge in [0.15, 0.2) is 9.84 Å². The third-order valence-corrected chi connectivity index (χ3v) is 7.83. The Bertz CT molecular complexity index is 916. The summed E-state index contributed by atoms with van der Waals surface area (Å²) in [7, 11) is -7.34. The van der Waals surface area contributed by atoms with Crippen LogP contribution >= 0.6 is 0 Å². The van der Waals surface area contributed by atoms with Crippen molar-refractivity contribution in [3.8, 4) is 5.75 Å². The van der Waals surface area contributed by atoms with Crippen molar-refractivity contribution in [2.45, 2.75) is 42.2 Å². The van der Waals surface area contributed by atoms with Crippen LogP contribution in [0.25, 0.3) is 0 Å². The smallest absolute Gasteiger partial charge is 0.406 e. The van der Waals surface area contributed by atoms with Gasteiger partial charge in [0.05, 0.1) is 22.0 Å². The van der Waals surface area contributed by atoms with E-state index >= 15 is 0 Å². The summed E-state index contributed by atoms with van der Waals surface area (Å²) >= 11 is 0. The van der Waals surface area contributed by atoms with E-state index in [0.29, 0.717) is 12.8 Å². The molecule has 2 aliphatic heterocycles. The van der Waals surface area contributed by atoms with Gasteiger partial charge in [-0.3, -0.25) is 0 Å². The maximum absolute atomic E-state index is 12.5. The number of ether oxygens (including phenoxy) is 2. The fraction of sp³-hybridized carbons (Fsp3) is 0.600. The van der Waals surface area contributed by atoms with E-state index in [1.54, 1.807) is 0 Å². The number of hydrogen-bond acceptors (Lipinski definition) is 6. The molecule has 7 nitrogen and oxygen atoms in total. The van der Waals surface area contributed by atoms with Gasteiger partial charge in [-0.15, -0.1) is 13.2 Å². The Morgan fingerprint density at radius 3 is 2.67 bits per heavy atom. The average Bonchev–Trinajstić information content (AvgIpc) is 2.80. The minimum absolute atomic E-state index is 0.0106. The zero-order chi connectivity index (χ0) is 19.9. The fourth-order valence-electron chi connectivity index (χ4n) is 3.42. The molecule has 27 heavy (non-hydrogen) atoms. The molecular weight excluding hydrogens is 411 g/mol. The van der Waals surface area contributed by atoms with Crippen LogP contribution in [0.5, 0.6) is 5.75 Å². The highest BCUT2D eigenvalue weighted by Gasteiger charge is 2.47. The minimum Gasteiger partial charge on any atom is -0.406 e. The molecule has 2 fully saturated rings. The Kier molecular flexibility index (Phi) is 5.21. The summed E-state index contributed by atoms with van der Waals surface area (Å²) in [5, 5.41) is 0. The molecule has 2 heterocycles. The topological polar surface area (TPSA) is 98.8 Å². The quantitative estimate of drug-likeness (QED) is 0.781. The van der Waals surface area contributed by atoms with Crippen molar-refractivity contribution in [1.82, 2.24) is 4.72 Å². The molecule has 0 unspecified atom stereocenters. The first-order chi connectivity index (χ1) is 12.4. The summed E-state index contributed by atoms with van der Waals surface area (Å²) in [6, 6.07) is 3.50. The average molecular weight is 429 g/mol. The second-order valence-corrected chi connectivity index (χ2v) is 10.6. The lowest BCUT2D eigenvalue weighted by atomic mass is 9.90. The molecule has 1 aromatic carbocycles. The van der Waals surface area contributed by atoms with Gasteiger partial charge in [0.2, 0.25) is 10.0 Å². The molecule has 0 aliphatic carbocycles. The number of halogens is 3. The van der Waals surface area contributed by atoms with E-state index < -0.39 is 43.6 Å². The lowest BCUT2D eigenvalue weighted by molar-refractivity contribution is -0.274. The van der Waals surface area contributed by atoms with Gasteiger partial charge in [0.25, 0.3) is 0 Å². The fourth-order valence-corrected chi connectivity index (χ4v) is 6.70. The lowest BCUT2D eigenvalue weighted by Gasteiger charge is -2.37. The molecule has 2 saturated heterocycles. The van der Waals surface area contributed by atoms with E-state index in [9.17, 15) is 30.0 Å². The summed E-state index contributed by atoms with van der Waals surface area (Å²) in [6.45, 7) is 0.194. The van der Waals surface area contributed by atoms with Gasteiger partial charge in [0, 0.05) is 18.7 Å². The number of sulfone groups is 1. The van der Waals surface area contributed by atoms with Gasteiger partial charge in [-0.2, -0.15) is 0 Å². The molecule has 2 atom stereocenters. The first-order valence-electron chi connectivity index (χ1n) is 8.11. The highest BCUT2D eigenvalue weighted by Crippen LogP contribution is 2.36. The second-order valence-electron chi connectivity index (χ2n) is 6.71. The number of alkyl halides is 3. The SMILES string of the molecule is O=S1(=O)CC[C@]2(C[C@@H](NS(=O)(=O)c3cccc(OC(F)(F)F)c3)CCO2)C1. The Morgan fingerprint density at radius 1 is 1.30 bits per heavy atom. The molecule has 12 heteroatoms. The molecule has 3 rings (SSSR count). The van der Waals surface area contributed by atoms with Gasteiger partial charge in [-0.1, -0.05) is 6.07 Å². The van der Waals surface area contributed by atoms with Crippen LogP contribution in [-0.4, -0.2) is 53.0 Å². The molecule has 0 aromatic heterocycles. The number of hydrogen-bond donors (Lipinski definition) is 1. The third-order valence-electron chi connectivity index (χ3n) is 4.52. The van der Waals surface area contributed by atoms with Crippen LogP contribution in [0.1, 0.15) is 19.3 Å². The van der Waals surface area contributed by atoms with E-state index in [0.717, 1.165) is 24.3 Å². The highest BCUT2D eigenvalue weighted by molar-refractivity contribution is 7.91. The maximum Gasteiger partial charge on any atom is 0.573 e. The largest absolute Gasteiger partial charge is 0.573 e. The van der Waals surface area contributed by atoms with Crippen molar-refractivity contribution < 1.29 is 39.5 Å². The molecule has 1 N–H and O–H groups in total. The van der Waals surface area contributed by atoms with Crippen LogP contribution in [0.15, 0.2) is 29.2 Å². The summed E-state index contributed by atoms with van der Waals surface area (Å²) in [5.74, 6) is -0.813. The monoisotopic (exact) mass is 429 g/mol. The van der Waals surface area contributed by atoms with Crippen molar-refractivity contribution in [3.05, 3.63) is 24.3 Å². The van der Waals surface area contributed by atoms with Crippen molar-refractivity contribution >= 4 is 19.9 Å². The number of benzene rings is 1. The van der Waals surface area contributed by atoms with Crippen molar-refractivity contribution in [2.24, 2.45) is 0 Å². The zero-order valence-electron chi connectivity index (χ0n) is 14.0. The molecule has 0 bridgehead atoms. The third kappa shape index (κ3) is 5.12. The Morgan fingerprint density at radius 2 is 2.04 bits per heavy atom. The molecule has 1 spiro atoms. The van der Waals surface area contributed by atoms with Gasteiger partial charge in [0.1, 0.15) is 5.75 Å². The lowest BCUT2D eigenvalue weighted by Crippen LogP contribution is -2.49. The summed E-state index contributed by atoms with van der Waals surface area (Å²) < 4.78 is 97.4. The second kappa shape index (κ2) is 6.90. The van der Waals surface area contributed by atoms with Gasteiger partial charge in [-0.25, -0.2) is 21.6 Å². The number of nitrogens with one attached hydrogen (secondary N) is 1. The van der Waals surface area contributed by atoms with E-state index in [1.807, 2.05) is 0 Å². The standard InChI is InChI=1S/C15H18F3NO6S2/c16-15(17,18)25-12-2-1-3-13(8-12)27(22,23)19-11-4-6-24-14(9-11)5-7-26(20,21)10-14/h1-3,8,11,19H,4-7,9-10H2/t11-,14-/m0/s1. The first kappa shape index (κ1) is 20.4. The molecular formula is C15H18F3NO6S2. The van der Waals surface area contributed by atoms with E-state index in [2.05, 4.69) is 9.46 Å². The summed E-state index contributed by atoms with van der Waals surface area (Å²) in [4.78, 5) is -0.371.